The van der Waals surface area contributed by atoms with E-state index >= 15 is 0 Å². The third-order valence-electron chi connectivity index (χ3n) is 4.41. The molecule has 0 unspecified atom stereocenters. The molecule has 0 aliphatic carbocycles. The number of piperazine rings is 1. The topological polar surface area (TPSA) is 58.9 Å². The van der Waals surface area contributed by atoms with Crippen LogP contribution in [-0.2, 0) is 0 Å². The van der Waals surface area contributed by atoms with Gasteiger partial charge >= 0.3 is 0 Å². The van der Waals surface area contributed by atoms with Crippen molar-refractivity contribution in [2.45, 2.75) is 20.8 Å². The summed E-state index contributed by atoms with van der Waals surface area (Å²) in [5.41, 5.74) is 5.09. The Morgan fingerprint density at radius 2 is 1.67 bits per heavy atom. The Morgan fingerprint density at radius 1 is 0.917 bits per heavy atom. The molecule has 3 heterocycles. The lowest BCUT2D eigenvalue weighted by Gasteiger charge is -2.29. The highest BCUT2D eigenvalue weighted by Crippen LogP contribution is 2.25. The van der Waals surface area contributed by atoms with Gasteiger partial charge in [-0.2, -0.15) is 5.10 Å². The first-order valence-corrected chi connectivity index (χ1v) is 8.39. The van der Waals surface area contributed by atoms with E-state index in [-0.39, 0.29) is 0 Å². The van der Waals surface area contributed by atoms with E-state index in [1.165, 1.54) is 5.56 Å². The summed E-state index contributed by atoms with van der Waals surface area (Å²) in [5, 5.41) is 8.03. The molecule has 1 aliphatic rings. The van der Waals surface area contributed by atoms with Crippen molar-refractivity contribution in [3.05, 3.63) is 41.2 Å². The third-order valence-corrected chi connectivity index (χ3v) is 4.41. The van der Waals surface area contributed by atoms with Gasteiger partial charge in [-0.25, -0.2) is 14.6 Å². The molecule has 2 aromatic heterocycles. The van der Waals surface area contributed by atoms with Gasteiger partial charge in [-0.1, -0.05) is 6.07 Å². The van der Waals surface area contributed by atoms with Crippen molar-refractivity contribution >= 4 is 16.9 Å². The number of nitrogens with one attached hydrogen (secondary N) is 1. The number of hydrogen-bond donors (Lipinski definition) is 1. The largest absolute Gasteiger partial charge is 0.351 e. The normalized spacial score (nSPS) is 15.2. The number of anilines is 1. The van der Waals surface area contributed by atoms with Crippen molar-refractivity contribution in [1.29, 1.82) is 0 Å². The Labute approximate surface area is 141 Å². The molecule has 24 heavy (non-hydrogen) atoms. The zero-order valence-electron chi connectivity index (χ0n) is 14.4. The lowest BCUT2D eigenvalue weighted by molar-refractivity contribution is 0.582. The molecule has 0 amide bonds. The fraction of sp³-hybridized carbons (Fsp3) is 0.389. The number of rotatable bonds is 2. The molecular formula is C18H22N6. The third kappa shape index (κ3) is 2.63. The molecule has 1 fully saturated rings. The van der Waals surface area contributed by atoms with E-state index in [0.717, 1.165) is 60.2 Å². The molecule has 0 saturated carbocycles. The van der Waals surface area contributed by atoms with Crippen LogP contribution in [0.2, 0.25) is 0 Å². The van der Waals surface area contributed by atoms with Crippen molar-refractivity contribution in [3.63, 3.8) is 0 Å². The number of benzene rings is 1. The Bertz CT molecular complexity index is 892. The molecule has 6 nitrogen and oxygen atoms in total. The fourth-order valence-corrected chi connectivity index (χ4v) is 3.22. The average Bonchev–Trinajstić information content (AvgIpc) is 2.92. The second-order valence-electron chi connectivity index (χ2n) is 6.44. The van der Waals surface area contributed by atoms with Crippen LogP contribution in [0.5, 0.6) is 0 Å². The number of aromatic nitrogens is 4. The van der Waals surface area contributed by atoms with E-state index in [1.807, 2.05) is 17.7 Å². The minimum Gasteiger partial charge on any atom is -0.351 e. The van der Waals surface area contributed by atoms with Crippen LogP contribution in [0.4, 0.5) is 5.82 Å². The maximum absolute atomic E-state index is 4.94. The first-order chi connectivity index (χ1) is 11.6. The summed E-state index contributed by atoms with van der Waals surface area (Å²) in [4.78, 5) is 12.2. The predicted octanol–water partition coefficient (Wildman–Crippen LogP) is 2.15. The van der Waals surface area contributed by atoms with Crippen LogP contribution in [0.3, 0.4) is 0 Å². The van der Waals surface area contributed by atoms with E-state index in [2.05, 4.69) is 47.4 Å². The Morgan fingerprint density at radius 3 is 2.38 bits per heavy atom. The minimum atomic E-state index is 0.820. The molecular weight excluding hydrogens is 300 g/mol. The van der Waals surface area contributed by atoms with Crippen molar-refractivity contribution in [2.75, 3.05) is 31.1 Å². The van der Waals surface area contributed by atoms with Crippen molar-refractivity contribution in [2.24, 2.45) is 0 Å². The summed E-state index contributed by atoms with van der Waals surface area (Å²) in [6, 6.07) is 8.29. The van der Waals surface area contributed by atoms with Gasteiger partial charge in [0.05, 0.1) is 16.7 Å². The smallest absolute Gasteiger partial charge is 0.197 e. The quantitative estimate of drug-likeness (QED) is 0.783. The zero-order chi connectivity index (χ0) is 16.7. The molecule has 1 aromatic carbocycles. The van der Waals surface area contributed by atoms with E-state index in [9.17, 15) is 0 Å². The Kier molecular flexibility index (Phi) is 3.69. The minimum absolute atomic E-state index is 0.820. The lowest BCUT2D eigenvalue weighted by Crippen LogP contribution is -2.44. The highest BCUT2D eigenvalue weighted by atomic mass is 15.4. The molecule has 0 bridgehead atoms. The molecule has 1 aliphatic heterocycles. The Hall–Kier alpha value is -2.47. The van der Waals surface area contributed by atoms with Crippen LogP contribution in [0.25, 0.3) is 16.9 Å². The van der Waals surface area contributed by atoms with E-state index in [1.54, 1.807) is 0 Å². The molecule has 0 spiro atoms. The van der Waals surface area contributed by atoms with Gasteiger partial charge in [0.25, 0.3) is 0 Å². The average molecular weight is 322 g/mol. The maximum Gasteiger partial charge on any atom is 0.197 e. The summed E-state index contributed by atoms with van der Waals surface area (Å²) in [6.07, 6.45) is 0. The van der Waals surface area contributed by atoms with Gasteiger partial charge in [0.1, 0.15) is 0 Å². The van der Waals surface area contributed by atoms with E-state index in [4.69, 9.17) is 9.97 Å². The van der Waals surface area contributed by atoms with Crippen LogP contribution >= 0.6 is 0 Å². The maximum atomic E-state index is 4.94. The van der Waals surface area contributed by atoms with Gasteiger partial charge in [-0.05, 0) is 44.5 Å². The number of nitrogens with zero attached hydrogens (tertiary/aromatic N) is 5. The van der Waals surface area contributed by atoms with Crippen LogP contribution < -0.4 is 10.2 Å². The number of hydrogen-bond acceptors (Lipinski definition) is 5. The summed E-state index contributed by atoms with van der Waals surface area (Å²) in [5.74, 6) is 1.74. The van der Waals surface area contributed by atoms with Gasteiger partial charge in [0, 0.05) is 31.9 Å². The summed E-state index contributed by atoms with van der Waals surface area (Å²) < 4.78 is 1.92. The highest BCUT2D eigenvalue weighted by Gasteiger charge is 2.21. The Balaban J connectivity index is 1.95. The second kappa shape index (κ2) is 5.87. The standard InChI is InChI=1S/C18H22N6/c1-12-4-5-15-16(10-12)21-18(24-14(3)11-13(2)22-24)17(20-15)23-8-6-19-7-9-23/h4-5,10-11,19H,6-9H2,1-3H3. The summed E-state index contributed by atoms with van der Waals surface area (Å²) in [7, 11) is 0. The summed E-state index contributed by atoms with van der Waals surface area (Å²) in [6.45, 7) is 9.93. The van der Waals surface area contributed by atoms with Crippen molar-refractivity contribution in [1.82, 2.24) is 25.1 Å². The molecule has 124 valence electrons. The molecule has 3 aromatic rings. The highest BCUT2D eigenvalue weighted by molar-refractivity contribution is 5.79. The van der Waals surface area contributed by atoms with Crippen LogP contribution in [0.15, 0.2) is 24.3 Å². The zero-order valence-corrected chi connectivity index (χ0v) is 14.4. The SMILES string of the molecule is Cc1ccc2nc(N3CCNCC3)c(-n3nc(C)cc3C)nc2c1. The monoisotopic (exact) mass is 322 g/mol. The fourth-order valence-electron chi connectivity index (χ4n) is 3.22. The van der Waals surface area contributed by atoms with Crippen LogP contribution in [-0.4, -0.2) is 45.9 Å². The lowest BCUT2D eigenvalue weighted by atomic mass is 10.2. The van der Waals surface area contributed by atoms with Gasteiger partial charge in [0.15, 0.2) is 11.6 Å². The molecule has 1 N–H and O–H groups in total. The van der Waals surface area contributed by atoms with E-state index in [0.29, 0.717) is 0 Å². The molecule has 0 atom stereocenters. The molecule has 6 heteroatoms. The van der Waals surface area contributed by atoms with Gasteiger partial charge < -0.3 is 10.2 Å². The van der Waals surface area contributed by atoms with Crippen LogP contribution in [0, 0.1) is 20.8 Å². The van der Waals surface area contributed by atoms with Crippen molar-refractivity contribution in [3.8, 4) is 5.82 Å². The second-order valence-corrected chi connectivity index (χ2v) is 6.44. The first kappa shape index (κ1) is 15.1. The molecule has 0 radical (unpaired) electrons. The first-order valence-electron chi connectivity index (χ1n) is 8.39. The predicted molar refractivity (Wildman–Crippen MR) is 96.0 cm³/mol. The number of fused-ring (bicyclic) bond motifs is 1. The summed E-state index contributed by atoms with van der Waals surface area (Å²) >= 11 is 0. The molecule has 1 saturated heterocycles. The van der Waals surface area contributed by atoms with Gasteiger partial charge in [-0.3, -0.25) is 0 Å². The number of aryl methyl sites for hydroxylation is 3. The van der Waals surface area contributed by atoms with Gasteiger partial charge in [-0.15, -0.1) is 0 Å². The van der Waals surface area contributed by atoms with Gasteiger partial charge in [0.2, 0.25) is 0 Å². The van der Waals surface area contributed by atoms with Crippen LogP contribution in [0.1, 0.15) is 17.0 Å². The molecule has 4 rings (SSSR count). The van der Waals surface area contributed by atoms with E-state index < -0.39 is 0 Å². The van der Waals surface area contributed by atoms with Crippen molar-refractivity contribution < 1.29 is 0 Å².